The van der Waals surface area contributed by atoms with Crippen molar-refractivity contribution in [2.75, 3.05) is 18.1 Å². The van der Waals surface area contributed by atoms with Crippen molar-refractivity contribution in [1.82, 2.24) is 4.90 Å². The first-order valence-electron chi connectivity index (χ1n) is 7.69. The molecule has 0 aromatic heterocycles. The van der Waals surface area contributed by atoms with Crippen LogP contribution in [-0.4, -0.2) is 33.1 Å². The zero-order valence-electron chi connectivity index (χ0n) is 13.6. The number of hydrogen-bond donors (Lipinski definition) is 0. The van der Waals surface area contributed by atoms with E-state index in [0.29, 0.717) is 36.9 Å². The molecule has 21 heavy (non-hydrogen) atoms. The first-order chi connectivity index (χ1) is 9.97. The minimum atomic E-state index is -0.868. The van der Waals surface area contributed by atoms with Crippen LogP contribution in [0.3, 0.4) is 0 Å². The van der Waals surface area contributed by atoms with Crippen LogP contribution in [0.4, 0.5) is 0 Å². The van der Waals surface area contributed by atoms with Crippen LogP contribution >= 0.6 is 0 Å². The number of hydrogen-bond acceptors (Lipinski definition) is 2. The van der Waals surface area contributed by atoms with Gasteiger partial charge in [0.1, 0.15) is 0 Å². The van der Waals surface area contributed by atoms with Gasteiger partial charge in [0.25, 0.3) is 0 Å². The van der Waals surface area contributed by atoms with Crippen molar-refractivity contribution in [2.45, 2.75) is 46.6 Å². The van der Waals surface area contributed by atoms with E-state index in [0.717, 1.165) is 5.56 Å². The molecule has 1 aromatic rings. The van der Waals surface area contributed by atoms with Crippen molar-refractivity contribution in [1.29, 1.82) is 0 Å². The zero-order valence-corrected chi connectivity index (χ0v) is 14.4. The van der Waals surface area contributed by atoms with E-state index in [9.17, 15) is 9.00 Å². The van der Waals surface area contributed by atoms with Crippen molar-refractivity contribution in [3.63, 3.8) is 0 Å². The van der Waals surface area contributed by atoms with Gasteiger partial charge in [-0.15, -0.1) is 0 Å². The highest BCUT2D eigenvalue weighted by molar-refractivity contribution is 7.84. The van der Waals surface area contributed by atoms with Gasteiger partial charge in [0.05, 0.1) is 0 Å². The minimum Gasteiger partial charge on any atom is -0.339 e. The maximum atomic E-state index is 12.2. The SMILES string of the molecule is CCN(Cc1ccc(C(C)C)cc1)C(=O)CCS(=O)CC. The standard InChI is InChI=1S/C17H27NO2S/c1-5-18(17(19)11-12-21(20)6-2)13-15-7-9-16(10-8-15)14(3)4/h7-10,14H,5-6,11-13H2,1-4H3. The second-order valence-electron chi connectivity index (χ2n) is 5.49. The van der Waals surface area contributed by atoms with Crippen molar-refractivity contribution < 1.29 is 9.00 Å². The van der Waals surface area contributed by atoms with Gasteiger partial charge in [-0.1, -0.05) is 45.0 Å². The predicted octanol–water partition coefficient (Wildman–Crippen LogP) is 3.32. The van der Waals surface area contributed by atoms with Crippen LogP contribution in [0.1, 0.15) is 51.2 Å². The molecule has 4 heteroatoms. The summed E-state index contributed by atoms with van der Waals surface area (Å²) in [5.74, 6) is 1.70. The summed E-state index contributed by atoms with van der Waals surface area (Å²) < 4.78 is 11.4. The van der Waals surface area contributed by atoms with E-state index in [1.165, 1.54) is 5.56 Å². The van der Waals surface area contributed by atoms with E-state index in [2.05, 4.69) is 38.1 Å². The van der Waals surface area contributed by atoms with Gasteiger partial charge in [-0.2, -0.15) is 0 Å². The molecule has 0 heterocycles. The number of carbonyl (C=O) groups is 1. The van der Waals surface area contributed by atoms with Crippen molar-refractivity contribution in [3.05, 3.63) is 35.4 Å². The first kappa shape index (κ1) is 17.9. The van der Waals surface area contributed by atoms with Crippen molar-refractivity contribution in [2.24, 2.45) is 0 Å². The van der Waals surface area contributed by atoms with Crippen LogP contribution in [0.15, 0.2) is 24.3 Å². The summed E-state index contributed by atoms with van der Waals surface area (Å²) in [6.45, 7) is 9.52. The monoisotopic (exact) mass is 309 g/mol. The largest absolute Gasteiger partial charge is 0.339 e. The molecule has 0 bridgehead atoms. The third-order valence-corrected chi connectivity index (χ3v) is 4.92. The molecule has 0 fully saturated rings. The molecule has 118 valence electrons. The molecule has 1 atom stereocenters. The van der Waals surface area contributed by atoms with E-state index in [-0.39, 0.29) is 5.91 Å². The molecule has 1 unspecified atom stereocenters. The van der Waals surface area contributed by atoms with Gasteiger partial charge in [-0.25, -0.2) is 0 Å². The quantitative estimate of drug-likeness (QED) is 0.739. The molecule has 0 saturated heterocycles. The summed E-state index contributed by atoms with van der Waals surface area (Å²) in [7, 11) is -0.868. The van der Waals surface area contributed by atoms with E-state index in [4.69, 9.17) is 0 Å². The Morgan fingerprint density at radius 1 is 1.19 bits per heavy atom. The van der Waals surface area contributed by atoms with E-state index in [1.807, 2.05) is 18.7 Å². The number of amides is 1. The average Bonchev–Trinajstić information content (AvgIpc) is 2.50. The fourth-order valence-corrected chi connectivity index (χ4v) is 2.80. The third kappa shape index (κ3) is 6.00. The van der Waals surface area contributed by atoms with Crippen molar-refractivity contribution in [3.8, 4) is 0 Å². The van der Waals surface area contributed by atoms with E-state index < -0.39 is 10.8 Å². The van der Waals surface area contributed by atoms with Crippen LogP contribution < -0.4 is 0 Å². The van der Waals surface area contributed by atoms with Crippen LogP contribution in [-0.2, 0) is 22.1 Å². The fourth-order valence-electron chi connectivity index (χ4n) is 2.11. The van der Waals surface area contributed by atoms with Gasteiger partial charge in [0.2, 0.25) is 5.91 Å². The molecule has 0 N–H and O–H groups in total. The molecule has 0 aliphatic carbocycles. The van der Waals surface area contributed by atoms with Gasteiger partial charge in [-0.3, -0.25) is 9.00 Å². The molecule has 1 amide bonds. The summed E-state index contributed by atoms with van der Waals surface area (Å²) >= 11 is 0. The molecule has 0 aliphatic rings. The number of benzene rings is 1. The first-order valence-corrected chi connectivity index (χ1v) is 9.18. The predicted molar refractivity (Wildman–Crippen MR) is 89.8 cm³/mol. The smallest absolute Gasteiger partial charge is 0.223 e. The summed E-state index contributed by atoms with van der Waals surface area (Å²) in [6.07, 6.45) is 0.373. The molecule has 3 nitrogen and oxygen atoms in total. The summed E-state index contributed by atoms with van der Waals surface area (Å²) in [5, 5.41) is 0. The Labute approximate surface area is 131 Å². The normalized spacial score (nSPS) is 12.4. The molecule has 1 aromatic carbocycles. The average molecular weight is 309 g/mol. The van der Waals surface area contributed by atoms with Gasteiger partial charge >= 0.3 is 0 Å². The maximum absolute atomic E-state index is 12.2. The fraction of sp³-hybridized carbons (Fsp3) is 0.588. The van der Waals surface area contributed by atoms with E-state index >= 15 is 0 Å². The summed E-state index contributed by atoms with van der Waals surface area (Å²) in [5.41, 5.74) is 2.46. The van der Waals surface area contributed by atoms with Crippen LogP contribution in [0.25, 0.3) is 0 Å². The highest BCUT2D eigenvalue weighted by Gasteiger charge is 2.13. The third-order valence-electron chi connectivity index (χ3n) is 3.62. The van der Waals surface area contributed by atoms with E-state index in [1.54, 1.807) is 0 Å². The van der Waals surface area contributed by atoms with Gasteiger partial charge in [0.15, 0.2) is 0 Å². The lowest BCUT2D eigenvalue weighted by molar-refractivity contribution is -0.131. The Kier molecular flexibility index (Phi) is 7.65. The molecule has 1 rings (SSSR count). The lowest BCUT2D eigenvalue weighted by Gasteiger charge is -2.21. The van der Waals surface area contributed by atoms with Crippen LogP contribution in [0.2, 0.25) is 0 Å². The highest BCUT2D eigenvalue weighted by Crippen LogP contribution is 2.16. The van der Waals surface area contributed by atoms with Gasteiger partial charge in [0, 0.05) is 41.8 Å². The van der Waals surface area contributed by atoms with Crippen LogP contribution in [0, 0.1) is 0 Å². The highest BCUT2D eigenvalue weighted by atomic mass is 32.2. The molecular formula is C17H27NO2S. The molecule has 0 saturated carbocycles. The Hall–Kier alpha value is -1.16. The Balaban J connectivity index is 2.60. The minimum absolute atomic E-state index is 0.0900. The zero-order chi connectivity index (χ0) is 15.8. The molecule has 0 radical (unpaired) electrons. The second-order valence-corrected chi connectivity index (χ2v) is 7.35. The Morgan fingerprint density at radius 2 is 1.81 bits per heavy atom. The molecule has 0 spiro atoms. The van der Waals surface area contributed by atoms with Gasteiger partial charge < -0.3 is 4.90 Å². The molecule has 0 aliphatic heterocycles. The Morgan fingerprint density at radius 3 is 2.29 bits per heavy atom. The number of carbonyl (C=O) groups excluding carboxylic acids is 1. The topological polar surface area (TPSA) is 37.4 Å². The molecular weight excluding hydrogens is 282 g/mol. The lowest BCUT2D eigenvalue weighted by Crippen LogP contribution is -2.31. The summed E-state index contributed by atoms with van der Waals surface area (Å²) in [6, 6.07) is 8.44. The van der Waals surface area contributed by atoms with Crippen LogP contribution in [0.5, 0.6) is 0 Å². The number of rotatable bonds is 8. The summed E-state index contributed by atoms with van der Waals surface area (Å²) in [4.78, 5) is 14.0. The lowest BCUT2D eigenvalue weighted by atomic mass is 10.0. The number of nitrogens with zero attached hydrogens (tertiary/aromatic N) is 1. The van der Waals surface area contributed by atoms with Crippen molar-refractivity contribution >= 4 is 16.7 Å². The maximum Gasteiger partial charge on any atom is 0.223 e. The Bertz CT molecular complexity index is 468. The second kappa shape index (κ2) is 8.98. The van der Waals surface area contributed by atoms with Gasteiger partial charge in [-0.05, 0) is 24.0 Å².